The minimum absolute atomic E-state index is 0.0582. The fourth-order valence-corrected chi connectivity index (χ4v) is 3.18. The van der Waals surface area contributed by atoms with Crippen LogP contribution in [0.5, 0.6) is 5.75 Å². The van der Waals surface area contributed by atoms with Crippen LogP contribution in [0.3, 0.4) is 0 Å². The molecule has 1 aliphatic rings. The first kappa shape index (κ1) is 18.3. The summed E-state index contributed by atoms with van der Waals surface area (Å²) in [6.45, 7) is 11.4. The van der Waals surface area contributed by atoms with Crippen molar-refractivity contribution in [2.24, 2.45) is 0 Å². The lowest BCUT2D eigenvalue weighted by Gasteiger charge is -2.39. The highest BCUT2D eigenvalue weighted by atomic mass is 16.5. The third-order valence-electron chi connectivity index (χ3n) is 4.73. The maximum Gasteiger partial charge on any atom is 0.252 e. The van der Waals surface area contributed by atoms with Gasteiger partial charge in [-0.3, -0.25) is 4.79 Å². The molecular weight excluding hydrogens is 324 g/mol. The summed E-state index contributed by atoms with van der Waals surface area (Å²) in [7, 11) is 0. The Hall–Kier alpha value is -2.49. The molecule has 0 aliphatic carbocycles. The Morgan fingerprint density at radius 1 is 1.04 bits per heavy atom. The molecule has 0 unspecified atom stereocenters. The molecule has 1 aliphatic heterocycles. The molecule has 2 aromatic rings. The van der Waals surface area contributed by atoms with Crippen LogP contribution in [0.4, 0.5) is 11.4 Å². The lowest BCUT2D eigenvalue weighted by atomic mass is 9.87. The smallest absolute Gasteiger partial charge is 0.252 e. The van der Waals surface area contributed by atoms with E-state index in [-0.39, 0.29) is 11.3 Å². The average molecular weight is 352 g/mol. The van der Waals surface area contributed by atoms with Crippen molar-refractivity contribution in [1.29, 1.82) is 0 Å². The highest BCUT2D eigenvalue weighted by Crippen LogP contribution is 2.34. The van der Waals surface area contributed by atoms with Gasteiger partial charge in [-0.15, -0.1) is 0 Å². The SMILES string of the molecule is CC1(C)Nc2ccccc2N(CCOc2ccc(C(C)(C)C)cc2)C1=O. The van der Waals surface area contributed by atoms with Gasteiger partial charge in [0, 0.05) is 0 Å². The van der Waals surface area contributed by atoms with Crippen molar-refractivity contribution in [3.05, 3.63) is 54.1 Å². The van der Waals surface area contributed by atoms with Crippen molar-refractivity contribution in [2.45, 2.75) is 45.6 Å². The number of benzene rings is 2. The molecule has 2 aromatic carbocycles. The third-order valence-corrected chi connectivity index (χ3v) is 4.73. The maximum atomic E-state index is 12.8. The van der Waals surface area contributed by atoms with E-state index in [0.29, 0.717) is 13.2 Å². The molecule has 1 heterocycles. The number of nitrogens with zero attached hydrogens (tertiary/aromatic N) is 1. The minimum atomic E-state index is -0.622. The van der Waals surface area contributed by atoms with E-state index in [4.69, 9.17) is 4.74 Å². The molecule has 0 atom stereocenters. The Bertz CT molecular complexity index is 789. The molecule has 0 saturated carbocycles. The molecule has 1 N–H and O–H groups in total. The molecule has 0 saturated heterocycles. The van der Waals surface area contributed by atoms with E-state index in [2.05, 4.69) is 38.2 Å². The van der Waals surface area contributed by atoms with Gasteiger partial charge in [-0.05, 0) is 49.1 Å². The van der Waals surface area contributed by atoms with Crippen molar-refractivity contribution in [1.82, 2.24) is 0 Å². The number of hydrogen-bond acceptors (Lipinski definition) is 3. The summed E-state index contributed by atoms with van der Waals surface area (Å²) in [4.78, 5) is 14.6. The molecule has 0 aromatic heterocycles. The van der Waals surface area contributed by atoms with E-state index in [1.54, 1.807) is 0 Å². The van der Waals surface area contributed by atoms with Gasteiger partial charge in [0.25, 0.3) is 5.91 Å². The van der Waals surface area contributed by atoms with Crippen molar-refractivity contribution in [3.8, 4) is 5.75 Å². The van der Waals surface area contributed by atoms with Crippen LogP contribution in [0, 0.1) is 0 Å². The summed E-state index contributed by atoms with van der Waals surface area (Å²) >= 11 is 0. The van der Waals surface area contributed by atoms with Gasteiger partial charge in [0.2, 0.25) is 0 Å². The lowest BCUT2D eigenvalue weighted by molar-refractivity contribution is -0.122. The number of carbonyl (C=O) groups excluding carboxylic acids is 1. The first-order valence-corrected chi connectivity index (χ1v) is 9.11. The molecule has 1 amide bonds. The number of rotatable bonds is 4. The predicted molar refractivity (Wildman–Crippen MR) is 107 cm³/mol. The van der Waals surface area contributed by atoms with Gasteiger partial charge < -0.3 is 15.0 Å². The zero-order valence-corrected chi connectivity index (χ0v) is 16.3. The summed E-state index contributed by atoms with van der Waals surface area (Å²) in [5.74, 6) is 0.885. The molecule has 26 heavy (non-hydrogen) atoms. The number of hydrogen-bond donors (Lipinski definition) is 1. The molecule has 4 nitrogen and oxygen atoms in total. The first-order valence-electron chi connectivity index (χ1n) is 9.11. The number of fused-ring (bicyclic) bond motifs is 1. The number of nitrogens with one attached hydrogen (secondary N) is 1. The predicted octanol–water partition coefficient (Wildman–Crippen LogP) is 4.60. The highest BCUT2D eigenvalue weighted by molar-refractivity contribution is 6.07. The molecule has 138 valence electrons. The van der Waals surface area contributed by atoms with Gasteiger partial charge >= 0.3 is 0 Å². The van der Waals surface area contributed by atoms with Gasteiger partial charge in [-0.1, -0.05) is 45.0 Å². The van der Waals surface area contributed by atoms with Gasteiger partial charge in [-0.25, -0.2) is 0 Å². The van der Waals surface area contributed by atoms with Crippen LogP contribution in [-0.2, 0) is 10.2 Å². The topological polar surface area (TPSA) is 41.6 Å². The normalized spacial score (nSPS) is 16.0. The third kappa shape index (κ3) is 3.69. The zero-order chi connectivity index (χ0) is 18.9. The van der Waals surface area contributed by atoms with Crippen LogP contribution in [0.25, 0.3) is 0 Å². The Balaban J connectivity index is 1.68. The van der Waals surface area contributed by atoms with Crippen molar-refractivity contribution in [3.63, 3.8) is 0 Å². The van der Waals surface area contributed by atoms with Crippen LogP contribution in [0.15, 0.2) is 48.5 Å². The molecular formula is C22H28N2O2. The standard InChI is InChI=1S/C22H28N2O2/c1-21(2,3)16-10-12-17(13-11-16)26-15-14-24-19-9-7-6-8-18(19)23-22(4,5)20(24)25/h6-13,23H,14-15H2,1-5H3. The first-order chi connectivity index (χ1) is 12.2. The number of anilines is 2. The molecule has 0 fully saturated rings. The highest BCUT2D eigenvalue weighted by Gasteiger charge is 2.38. The van der Waals surface area contributed by atoms with Crippen LogP contribution in [0.1, 0.15) is 40.2 Å². The van der Waals surface area contributed by atoms with Gasteiger partial charge in [0.1, 0.15) is 17.9 Å². The summed E-state index contributed by atoms with van der Waals surface area (Å²) in [6, 6.07) is 16.1. The Kier molecular flexibility index (Phi) is 4.70. The fourth-order valence-electron chi connectivity index (χ4n) is 3.18. The van der Waals surface area contributed by atoms with E-state index in [1.807, 2.05) is 55.1 Å². The number of ether oxygens (including phenoxy) is 1. The second-order valence-corrected chi connectivity index (χ2v) is 8.35. The van der Waals surface area contributed by atoms with Crippen molar-refractivity contribution < 1.29 is 9.53 Å². The van der Waals surface area contributed by atoms with Crippen LogP contribution in [-0.4, -0.2) is 24.6 Å². The zero-order valence-electron chi connectivity index (χ0n) is 16.3. The quantitative estimate of drug-likeness (QED) is 0.874. The van der Waals surface area contributed by atoms with Crippen molar-refractivity contribution >= 4 is 17.3 Å². The molecule has 3 rings (SSSR count). The van der Waals surface area contributed by atoms with Crippen molar-refractivity contribution in [2.75, 3.05) is 23.4 Å². The second-order valence-electron chi connectivity index (χ2n) is 8.35. The second kappa shape index (κ2) is 6.67. The average Bonchev–Trinajstić information content (AvgIpc) is 2.57. The Morgan fingerprint density at radius 3 is 2.35 bits per heavy atom. The van der Waals surface area contributed by atoms with E-state index in [1.165, 1.54) is 5.56 Å². The lowest BCUT2D eigenvalue weighted by Crippen LogP contribution is -2.54. The van der Waals surface area contributed by atoms with Crippen LogP contribution >= 0.6 is 0 Å². The van der Waals surface area contributed by atoms with Gasteiger partial charge in [0.15, 0.2) is 0 Å². The largest absolute Gasteiger partial charge is 0.492 e. The number of amides is 1. The Morgan fingerprint density at radius 2 is 1.69 bits per heavy atom. The fraction of sp³-hybridized carbons (Fsp3) is 0.409. The summed E-state index contributed by atoms with van der Waals surface area (Å²) in [5.41, 5.74) is 2.66. The molecule has 4 heteroatoms. The number of para-hydroxylation sites is 2. The van der Waals surface area contributed by atoms with E-state index < -0.39 is 5.54 Å². The summed E-state index contributed by atoms with van der Waals surface area (Å²) in [5, 5.41) is 3.31. The van der Waals surface area contributed by atoms with Gasteiger partial charge in [-0.2, -0.15) is 0 Å². The summed E-state index contributed by atoms with van der Waals surface area (Å²) < 4.78 is 5.89. The molecule has 0 radical (unpaired) electrons. The Labute approximate surface area is 156 Å². The van der Waals surface area contributed by atoms with E-state index in [9.17, 15) is 4.79 Å². The van der Waals surface area contributed by atoms with Crippen LogP contribution < -0.4 is 15.0 Å². The minimum Gasteiger partial charge on any atom is -0.492 e. The number of carbonyl (C=O) groups is 1. The van der Waals surface area contributed by atoms with E-state index >= 15 is 0 Å². The van der Waals surface area contributed by atoms with Gasteiger partial charge in [0.05, 0.1) is 17.9 Å². The van der Waals surface area contributed by atoms with E-state index in [0.717, 1.165) is 17.1 Å². The summed E-state index contributed by atoms with van der Waals surface area (Å²) in [6.07, 6.45) is 0. The molecule has 0 spiro atoms. The van der Waals surface area contributed by atoms with Crippen LogP contribution in [0.2, 0.25) is 0 Å². The maximum absolute atomic E-state index is 12.8. The monoisotopic (exact) mass is 352 g/mol. The molecule has 0 bridgehead atoms.